The van der Waals surface area contributed by atoms with Crippen molar-refractivity contribution in [2.24, 2.45) is 11.8 Å². The molecule has 1 unspecified atom stereocenters. The zero-order chi connectivity index (χ0) is 7.11. The minimum atomic E-state index is 0.495. The Balaban J connectivity index is 2.95. The zero-order valence-corrected chi connectivity index (χ0v) is 6.09. The van der Waals surface area contributed by atoms with Gasteiger partial charge in [-0.25, -0.2) is 5.90 Å². The summed E-state index contributed by atoms with van der Waals surface area (Å²) in [5.74, 6) is 5.36. The van der Waals surface area contributed by atoms with Gasteiger partial charge < -0.3 is 9.57 Å². The number of hydrogen-bond donors (Lipinski definition) is 1. The van der Waals surface area contributed by atoms with Crippen molar-refractivity contribution in [1.82, 2.24) is 0 Å². The fourth-order valence-electron chi connectivity index (χ4n) is 0.567. The van der Waals surface area contributed by atoms with Crippen molar-refractivity contribution in [3.63, 3.8) is 0 Å². The van der Waals surface area contributed by atoms with E-state index in [0.717, 1.165) is 13.0 Å². The first-order valence-electron chi connectivity index (χ1n) is 3.12. The second-order valence-corrected chi connectivity index (χ2v) is 2.22. The molecule has 0 fully saturated rings. The van der Waals surface area contributed by atoms with Gasteiger partial charge in [-0.3, -0.25) is 0 Å². The Morgan fingerprint density at radius 3 is 2.67 bits per heavy atom. The van der Waals surface area contributed by atoms with E-state index in [9.17, 15) is 0 Å². The van der Waals surface area contributed by atoms with Crippen LogP contribution in [0, 0.1) is 5.92 Å². The van der Waals surface area contributed by atoms with Crippen molar-refractivity contribution in [1.29, 1.82) is 0 Å². The molecule has 9 heavy (non-hydrogen) atoms. The van der Waals surface area contributed by atoms with Gasteiger partial charge in [0.1, 0.15) is 0 Å². The number of ether oxygens (including phenoxy) is 1. The van der Waals surface area contributed by atoms with Crippen molar-refractivity contribution in [3.8, 4) is 0 Å². The predicted octanol–water partition coefficient (Wildman–Crippen LogP) is 0.549. The molecule has 0 heterocycles. The smallest absolute Gasteiger partial charge is 0.0705 e. The van der Waals surface area contributed by atoms with Crippen molar-refractivity contribution >= 4 is 0 Å². The molecule has 0 aromatic rings. The molecule has 0 saturated carbocycles. The highest BCUT2D eigenvalue weighted by molar-refractivity contribution is 4.48. The molecule has 0 saturated heterocycles. The first kappa shape index (κ1) is 8.88. The standard InChI is InChI=1S/C6H15NO2/c1-6(5-9-7)3-4-8-2/h6H,3-5,7H2,1-2H3. The maximum Gasteiger partial charge on any atom is 0.0705 e. The second-order valence-electron chi connectivity index (χ2n) is 2.22. The highest BCUT2D eigenvalue weighted by atomic mass is 16.6. The third kappa shape index (κ3) is 5.76. The first-order valence-corrected chi connectivity index (χ1v) is 3.12. The van der Waals surface area contributed by atoms with Crippen LogP contribution in [0.4, 0.5) is 0 Å². The second kappa shape index (κ2) is 6.01. The summed E-state index contributed by atoms with van der Waals surface area (Å²) in [5.41, 5.74) is 0. The first-order chi connectivity index (χ1) is 4.31. The number of hydrogen-bond acceptors (Lipinski definition) is 3. The van der Waals surface area contributed by atoms with Crippen LogP contribution < -0.4 is 5.90 Å². The van der Waals surface area contributed by atoms with Gasteiger partial charge in [0, 0.05) is 13.7 Å². The van der Waals surface area contributed by atoms with E-state index in [1.807, 2.05) is 0 Å². The maximum atomic E-state index is 4.86. The van der Waals surface area contributed by atoms with E-state index in [4.69, 9.17) is 10.6 Å². The molecular formula is C6H15NO2. The van der Waals surface area contributed by atoms with Crippen LogP contribution in [-0.4, -0.2) is 20.3 Å². The Morgan fingerprint density at radius 1 is 1.56 bits per heavy atom. The molecule has 2 N–H and O–H groups in total. The van der Waals surface area contributed by atoms with Crippen molar-refractivity contribution in [3.05, 3.63) is 0 Å². The lowest BCUT2D eigenvalue weighted by Crippen LogP contribution is -2.11. The van der Waals surface area contributed by atoms with E-state index < -0.39 is 0 Å². The SMILES string of the molecule is COCCC(C)CON. The van der Waals surface area contributed by atoms with Gasteiger partial charge in [-0.05, 0) is 12.3 Å². The Kier molecular flexibility index (Phi) is 5.93. The number of nitrogens with two attached hydrogens (primary N) is 1. The molecule has 0 aromatic carbocycles. The summed E-state index contributed by atoms with van der Waals surface area (Å²) in [6.07, 6.45) is 1.01. The van der Waals surface area contributed by atoms with Crippen LogP contribution in [0.25, 0.3) is 0 Å². The van der Waals surface area contributed by atoms with Crippen LogP contribution in [0.5, 0.6) is 0 Å². The molecule has 0 bridgehead atoms. The minimum Gasteiger partial charge on any atom is -0.385 e. The molecule has 0 rings (SSSR count). The average molecular weight is 133 g/mol. The van der Waals surface area contributed by atoms with E-state index in [1.54, 1.807) is 7.11 Å². The van der Waals surface area contributed by atoms with Gasteiger partial charge in [-0.2, -0.15) is 0 Å². The van der Waals surface area contributed by atoms with Gasteiger partial charge >= 0.3 is 0 Å². The van der Waals surface area contributed by atoms with Gasteiger partial charge in [-0.15, -0.1) is 0 Å². The van der Waals surface area contributed by atoms with E-state index in [0.29, 0.717) is 12.5 Å². The lowest BCUT2D eigenvalue weighted by atomic mass is 10.1. The molecule has 3 nitrogen and oxygen atoms in total. The molecule has 0 aliphatic heterocycles. The third-order valence-electron chi connectivity index (χ3n) is 1.20. The van der Waals surface area contributed by atoms with E-state index in [-0.39, 0.29) is 0 Å². The molecule has 0 aliphatic rings. The third-order valence-corrected chi connectivity index (χ3v) is 1.20. The molecule has 0 aliphatic carbocycles. The summed E-state index contributed by atoms with van der Waals surface area (Å²) in [7, 11) is 1.69. The summed E-state index contributed by atoms with van der Waals surface area (Å²) in [6, 6.07) is 0. The molecule has 1 atom stereocenters. The Bertz CT molecular complexity index is 59.0. The topological polar surface area (TPSA) is 44.5 Å². The Morgan fingerprint density at radius 2 is 2.22 bits per heavy atom. The zero-order valence-electron chi connectivity index (χ0n) is 6.09. The summed E-state index contributed by atoms with van der Waals surface area (Å²) in [4.78, 5) is 4.45. The van der Waals surface area contributed by atoms with Crippen LogP contribution >= 0.6 is 0 Å². The largest absolute Gasteiger partial charge is 0.385 e. The average Bonchev–Trinajstić information content (AvgIpc) is 1.85. The van der Waals surface area contributed by atoms with Crippen molar-refractivity contribution < 1.29 is 9.57 Å². The molecule has 0 aromatic heterocycles. The molecule has 56 valence electrons. The summed E-state index contributed by atoms with van der Waals surface area (Å²) >= 11 is 0. The van der Waals surface area contributed by atoms with Gasteiger partial charge in [0.15, 0.2) is 0 Å². The molecule has 0 amide bonds. The van der Waals surface area contributed by atoms with E-state index in [1.165, 1.54) is 0 Å². The van der Waals surface area contributed by atoms with Gasteiger partial charge in [0.05, 0.1) is 6.61 Å². The van der Waals surface area contributed by atoms with Crippen LogP contribution in [0.1, 0.15) is 13.3 Å². The molecular weight excluding hydrogens is 118 g/mol. The minimum absolute atomic E-state index is 0.495. The Labute approximate surface area is 56.1 Å². The monoisotopic (exact) mass is 133 g/mol. The predicted molar refractivity (Wildman–Crippen MR) is 35.8 cm³/mol. The summed E-state index contributed by atoms with van der Waals surface area (Å²) in [6.45, 7) is 3.47. The highest BCUT2D eigenvalue weighted by Crippen LogP contribution is 1.99. The lowest BCUT2D eigenvalue weighted by molar-refractivity contribution is 0.0890. The lowest BCUT2D eigenvalue weighted by Gasteiger charge is -2.07. The quantitative estimate of drug-likeness (QED) is 0.557. The maximum absolute atomic E-state index is 4.86. The van der Waals surface area contributed by atoms with Crippen molar-refractivity contribution in [2.45, 2.75) is 13.3 Å². The van der Waals surface area contributed by atoms with Crippen LogP contribution in [-0.2, 0) is 9.57 Å². The van der Waals surface area contributed by atoms with Crippen molar-refractivity contribution in [2.75, 3.05) is 20.3 Å². The Hall–Kier alpha value is -0.120. The normalized spacial score (nSPS) is 13.7. The van der Waals surface area contributed by atoms with Crippen LogP contribution in [0.3, 0.4) is 0 Å². The molecule has 0 spiro atoms. The molecule has 3 heteroatoms. The molecule has 0 radical (unpaired) electrons. The van der Waals surface area contributed by atoms with Crippen LogP contribution in [0.15, 0.2) is 0 Å². The van der Waals surface area contributed by atoms with E-state index in [2.05, 4.69) is 11.8 Å². The van der Waals surface area contributed by atoms with Gasteiger partial charge in [0.25, 0.3) is 0 Å². The fraction of sp³-hybridized carbons (Fsp3) is 1.00. The van der Waals surface area contributed by atoms with Gasteiger partial charge in [0.2, 0.25) is 0 Å². The van der Waals surface area contributed by atoms with Crippen LogP contribution in [0.2, 0.25) is 0 Å². The number of rotatable bonds is 5. The number of methoxy groups -OCH3 is 1. The van der Waals surface area contributed by atoms with Gasteiger partial charge in [-0.1, -0.05) is 6.92 Å². The summed E-state index contributed by atoms with van der Waals surface area (Å²) < 4.78 is 4.86. The highest BCUT2D eigenvalue weighted by Gasteiger charge is 1.99. The summed E-state index contributed by atoms with van der Waals surface area (Å²) in [5, 5.41) is 0. The van der Waals surface area contributed by atoms with E-state index >= 15 is 0 Å². The fourth-order valence-corrected chi connectivity index (χ4v) is 0.567.